The first-order chi connectivity index (χ1) is 21.7. The third-order valence-corrected chi connectivity index (χ3v) is 9.74. The van der Waals surface area contributed by atoms with E-state index in [1.165, 1.54) is 6.07 Å². The van der Waals surface area contributed by atoms with Gasteiger partial charge in [-0.05, 0) is 72.5 Å². The largest absolute Gasteiger partial charge is 0.494 e. The number of hydrogen-bond acceptors (Lipinski definition) is 6. The number of likely N-dealkylation sites (tertiary alicyclic amines) is 1. The van der Waals surface area contributed by atoms with Crippen LogP contribution in [0.2, 0.25) is 10.2 Å². The summed E-state index contributed by atoms with van der Waals surface area (Å²) in [5.74, 6) is -1.57. The SMILES string of the molecule is CCOc1cccc(CN2C3CC(c4ccc(C(=O)O)cc4)NC3C(c3cccc(Cl)c3F)C23C(=O)Nc2nc(Cl)ccc23)c1. The molecule has 0 saturated carbocycles. The maximum absolute atomic E-state index is 16.1. The summed E-state index contributed by atoms with van der Waals surface area (Å²) in [7, 11) is 0. The van der Waals surface area contributed by atoms with Crippen molar-refractivity contribution in [1.82, 2.24) is 15.2 Å². The van der Waals surface area contributed by atoms with Crippen molar-refractivity contribution >= 4 is 40.9 Å². The van der Waals surface area contributed by atoms with Crippen LogP contribution in [-0.4, -0.2) is 45.6 Å². The van der Waals surface area contributed by atoms with Gasteiger partial charge in [-0.15, -0.1) is 0 Å². The highest BCUT2D eigenvalue weighted by molar-refractivity contribution is 6.31. The van der Waals surface area contributed by atoms with E-state index in [-0.39, 0.29) is 33.7 Å². The summed E-state index contributed by atoms with van der Waals surface area (Å²) in [6.07, 6.45) is 0.576. The Balaban J connectivity index is 1.41. The minimum atomic E-state index is -1.36. The Labute approximate surface area is 269 Å². The van der Waals surface area contributed by atoms with Crippen molar-refractivity contribution in [1.29, 1.82) is 0 Å². The number of carbonyl (C=O) groups is 2. The van der Waals surface area contributed by atoms with Crippen LogP contribution in [0.25, 0.3) is 0 Å². The van der Waals surface area contributed by atoms with Gasteiger partial charge in [0.2, 0.25) is 0 Å². The van der Waals surface area contributed by atoms with Gasteiger partial charge in [-0.2, -0.15) is 0 Å². The number of aromatic nitrogens is 1. The van der Waals surface area contributed by atoms with Crippen LogP contribution in [-0.2, 0) is 16.9 Å². The molecule has 5 atom stereocenters. The minimum absolute atomic E-state index is 0.0336. The smallest absolute Gasteiger partial charge is 0.335 e. The second kappa shape index (κ2) is 11.4. The number of carboxylic acid groups (broad SMARTS) is 1. The number of hydrogen-bond donors (Lipinski definition) is 3. The van der Waals surface area contributed by atoms with Crippen LogP contribution >= 0.6 is 23.2 Å². The van der Waals surface area contributed by atoms with Crippen molar-refractivity contribution in [3.63, 3.8) is 0 Å². The summed E-state index contributed by atoms with van der Waals surface area (Å²) in [5, 5.41) is 16.3. The third kappa shape index (κ3) is 4.77. The fraction of sp³-hybridized carbons (Fsp3) is 0.265. The Hall–Kier alpha value is -4.02. The summed E-state index contributed by atoms with van der Waals surface area (Å²) in [5.41, 5.74) is 1.58. The van der Waals surface area contributed by atoms with Crippen molar-refractivity contribution in [2.45, 2.75) is 49.5 Å². The Bertz CT molecular complexity index is 1820. The molecule has 0 radical (unpaired) electrons. The van der Waals surface area contributed by atoms with Gasteiger partial charge in [0.1, 0.15) is 28.1 Å². The highest BCUT2D eigenvalue weighted by atomic mass is 35.5. The number of amides is 1. The molecule has 4 aromatic rings. The zero-order valence-corrected chi connectivity index (χ0v) is 25.6. The Morgan fingerprint density at radius 1 is 1.11 bits per heavy atom. The number of nitrogens with zero attached hydrogens (tertiary/aromatic N) is 2. The predicted octanol–water partition coefficient (Wildman–Crippen LogP) is 6.54. The molecule has 3 aliphatic heterocycles. The fourth-order valence-corrected chi connectivity index (χ4v) is 7.83. The quantitative estimate of drug-likeness (QED) is 0.196. The molecule has 3 N–H and O–H groups in total. The molecule has 0 bridgehead atoms. The highest BCUT2D eigenvalue weighted by Crippen LogP contribution is 2.60. The summed E-state index contributed by atoms with van der Waals surface area (Å²) >= 11 is 12.6. The predicted molar refractivity (Wildman–Crippen MR) is 168 cm³/mol. The maximum atomic E-state index is 16.1. The normalized spacial score (nSPS) is 25.3. The summed E-state index contributed by atoms with van der Waals surface area (Å²) < 4.78 is 21.9. The summed E-state index contributed by atoms with van der Waals surface area (Å²) in [4.78, 5) is 32.6. The Morgan fingerprint density at radius 3 is 2.64 bits per heavy atom. The first-order valence-electron chi connectivity index (χ1n) is 14.7. The number of ether oxygens (including phenoxy) is 1. The van der Waals surface area contributed by atoms with Crippen LogP contribution in [0.4, 0.5) is 10.2 Å². The van der Waals surface area contributed by atoms with Gasteiger partial charge in [0.15, 0.2) is 0 Å². The third-order valence-electron chi connectivity index (χ3n) is 9.24. The lowest BCUT2D eigenvalue weighted by atomic mass is 9.74. The van der Waals surface area contributed by atoms with Crippen LogP contribution in [0.1, 0.15) is 57.9 Å². The van der Waals surface area contributed by atoms with Crippen LogP contribution in [0.15, 0.2) is 78.9 Å². The number of aromatic carboxylic acids is 1. The van der Waals surface area contributed by atoms with Gasteiger partial charge in [0, 0.05) is 36.2 Å². The molecular formula is C34H29Cl2FN4O4. The molecule has 1 spiro atoms. The van der Waals surface area contributed by atoms with Crippen LogP contribution < -0.4 is 15.4 Å². The van der Waals surface area contributed by atoms with Crippen molar-refractivity contribution in [3.8, 4) is 5.75 Å². The van der Waals surface area contributed by atoms with E-state index in [2.05, 4.69) is 20.5 Å². The number of carboxylic acids is 1. The number of pyridine rings is 1. The lowest BCUT2D eigenvalue weighted by Crippen LogP contribution is -2.52. The molecule has 1 amide bonds. The number of fused-ring (bicyclic) bond motifs is 3. The molecule has 11 heteroatoms. The molecule has 3 aromatic carbocycles. The second-order valence-corrected chi connectivity index (χ2v) is 12.3. The number of anilines is 1. The molecular weight excluding hydrogens is 618 g/mol. The van der Waals surface area contributed by atoms with Gasteiger partial charge in [-0.1, -0.05) is 59.6 Å². The van der Waals surface area contributed by atoms with Gasteiger partial charge in [-0.3, -0.25) is 9.69 Å². The van der Waals surface area contributed by atoms with E-state index in [0.717, 1.165) is 11.1 Å². The van der Waals surface area contributed by atoms with Gasteiger partial charge in [0.05, 0.1) is 17.2 Å². The zero-order valence-electron chi connectivity index (χ0n) is 24.1. The zero-order chi connectivity index (χ0) is 31.5. The van der Waals surface area contributed by atoms with Crippen LogP contribution in [0.3, 0.4) is 0 Å². The lowest BCUT2D eigenvalue weighted by Gasteiger charge is -2.40. The molecule has 5 unspecified atom stereocenters. The minimum Gasteiger partial charge on any atom is -0.494 e. The van der Waals surface area contributed by atoms with Crippen molar-refractivity contribution in [2.75, 3.05) is 11.9 Å². The molecule has 230 valence electrons. The molecule has 2 saturated heterocycles. The van der Waals surface area contributed by atoms with Crippen molar-refractivity contribution in [3.05, 3.63) is 123 Å². The number of halogens is 3. The van der Waals surface area contributed by atoms with Gasteiger partial charge >= 0.3 is 5.97 Å². The second-order valence-electron chi connectivity index (χ2n) is 11.6. The lowest BCUT2D eigenvalue weighted by molar-refractivity contribution is -0.128. The average Bonchev–Trinajstić information content (AvgIpc) is 3.65. The molecule has 3 aliphatic rings. The molecule has 1 aromatic heterocycles. The molecule has 2 fully saturated rings. The van der Waals surface area contributed by atoms with E-state index >= 15 is 4.39 Å². The van der Waals surface area contributed by atoms with E-state index in [1.807, 2.05) is 31.2 Å². The first-order valence-corrected chi connectivity index (χ1v) is 15.5. The first kappa shape index (κ1) is 29.7. The highest BCUT2D eigenvalue weighted by Gasteiger charge is 2.69. The van der Waals surface area contributed by atoms with Gasteiger partial charge in [0.25, 0.3) is 5.91 Å². The maximum Gasteiger partial charge on any atom is 0.335 e. The standard InChI is InChI=1S/C34H29Cl2FN4O4/c1-2-45-21-6-3-5-18(15-21)17-41-26-16-25(19-9-11-20(12-10-19)32(42)43)38-30(26)28(22-7-4-8-24(35)29(22)37)34(41)23-13-14-27(36)39-31(23)40-33(34)44/h3-15,25-26,28,30,38H,2,16-17H2,1H3,(H,42,43)(H,39,40,44). The van der Waals surface area contributed by atoms with Crippen molar-refractivity contribution in [2.24, 2.45) is 0 Å². The Morgan fingerprint density at radius 2 is 1.89 bits per heavy atom. The summed E-state index contributed by atoms with van der Waals surface area (Å²) in [6, 6.07) is 22.0. The number of carbonyl (C=O) groups excluding carboxylic acids is 1. The van der Waals surface area contributed by atoms with E-state index in [9.17, 15) is 14.7 Å². The number of benzene rings is 3. The fourth-order valence-electron chi connectivity index (χ4n) is 7.50. The van der Waals surface area contributed by atoms with E-state index in [1.54, 1.807) is 48.5 Å². The monoisotopic (exact) mass is 646 g/mol. The Kier molecular flexibility index (Phi) is 7.52. The molecule has 8 nitrogen and oxygen atoms in total. The van der Waals surface area contributed by atoms with E-state index in [4.69, 9.17) is 27.9 Å². The molecule has 45 heavy (non-hydrogen) atoms. The van der Waals surface area contributed by atoms with Crippen LogP contribution in [0.5, 0.6) is 5.75 Å². The van der Waals surface area contributed by atoms with Gasteiger partial charge < -0.3 is 20.5 Å². The molecule has 7 rings (SSSR count). The number of nitrogens with one attached hydrogen (secondary N) is 2. The average molecular weight is 648 g/mol. The molecule has 4 heterocycles. The number of rotatable bonds is 7. The van der Waals surface area contributed by atoms with E-state index in [0.29, 0.717) is 42.3 Å². The van der Waals surface area contributed by atoms with Crippen molar-refractivity contribution < 1.29 is 23.8 Å². The molecule has 0 aliphatic carbocycles. The van der Waals surface area contributed by atoms with Gasteiger partial charge in [-0.25, -0.2) is 14.2 Å². The topological polar surface area (TPSA) is 104 Å². The van der Waals surface area contributed by atoms with E-state index < -0.39 is 29.3 Å². The summed E-state index contributed by atoms with van der Waals surface area (Å²) in [6.45, 7) is 2.77. The van der Waals surface area contributed by atoms with Crippen LogP contribution in [0, 0.1) is 5.82 Å².